The molecular weight excluding hydrogens is 284 g/mol. The van der Waals surface area contributed by atoms with E-state index in [1.807, 2.05) is 19.1 Å². The average molecular weight is 304 g/mol. The van der Waals surface area contributed by atoms with E-state index in [4.69, 9.17) is 19.1 Å². The lowest BCUT2D eigenvalue weighted by Crippen LogP contribution is -2.22. The molecule has 2 fully saturated rings. The molecule has 1 aromatic carbocycles. The van der Waals surface area contributed by atoms with Crippen LogP contribution in [0.1, 0.15) is 25.8 Å². The first-order chi connectivity index (χ1) is 10.6. The lowest BCUT2D eigenvalue weighted by Gasteiger charge is -2.18. The Kier molecular flexibility index (Phi) is 4.67. The van der Waals surface area contributed by atoms with Gasteiger partial charge < -0.3 is 9.47 Å². The van der Waals surface area contributed by atoms with Crippen molar-refractivity contribution in [3.8, 4) is 5.75 Å². The van der Waals surface area contributed by atoms with E-state index in [0.29, 0.717) is 18.4 Å². The SMILES string of the molecule is CCOC(=O)[C@@H]1C2[C@@H](CC)C21c1cccc(OC)c1.O=C=O. The van der Waals surface area contributed by atoms with Crippen LogP contribution >= 0.6 is 0 Å². The van der Waals surface area contributed by atoms with Gasteiger partial charge in [-0.1, -0.05) is 25.5 Å². The Labute approximate surface area is 129 Å². The van der Waals surface area contributed by atoms with Crippen LogP contribution in [0.5, 0.6) is 5.75 Å². The van der Waals surface area contributed by atoms with E-state index >= 15 is 0 Å². The number of fused-ring (bicyclic) bond motifs is 1. The highest BCUT2D eigenvalue weighted by Crippen LogP contribution is 2.85. The molecule has 5 nitrogen and oxygen atoms in total. The molecule has 2 unspecified atom stereocenters. The van der Waals surface area contributed by atoms with Gasteiger partial charge in [-0.05, 0) is 36.5 Å². The number of carbonyl (C=O) groups excluding carboxylic acids is 3. The standard InChI is InChI=1S/C16H20O3.CO2/c1-4-12-13-14(15(17)19-5-2)16(12,13)10-7-6-8-11(9-10)18-3;2-1-3/h6-9,12-14H,4-5H2,1-3H3;/t12-,13?,14+,16?;/m1./s1. The summed E-state index contributed by atoms with van der Waals surface area (Å²) in [5, 5.41) is 0. The summed E-state index contributed by atoms with van der Waals surface area (Å²) < 4.78 is 10.5. The number of ether oxygens (including phenoxy) is 2. The Morgan fingerprint density at radius 2 is 2.00 bits per heavy atom. The quantitative estimate of drug-likeness (QED) is 0.780. The van der Waals surface area contributed by atoms with Gasteiger partial charge in [-0.3, -0.25) is 4.79 Å². The van der Waals surface area contributed by atoms with Crippen LogP contribution in [0.25, 0.3) is 0 Å². The van der Waals surface area contributed by atoms with Gasteiger partial charge in [0, 0.05) is 5.41 Å². The van der Waals surface area contributed by atoms with Gasteiger partial charge in [0.2, 0.25) is 0 Å². The largest absolute Gasteiger partial charge is 0.497 e. The fraction of sp³-hybridized carbons (Fsp3) is 0.529. The van der Waals surface area contributed by atoms with Crippen molar-refractivity contribution in [2.24, 2.45) is 17.8 Å². The Morgan fingerprint density at radius 3 is 2.55 bits per heavy atom. The third-order valence-corrected chi connectivity index (χ3v) is 4.80. The summed E-state index contributed by atoms with van der Waals surface area (Å²) in [4.78, 5) is 28.2. The molecule has 0 radical (unpaired) electrons. The summed E-state index contributed by atoms with van der Waals surface area (Å²) in [6.07, 6.45) is 1.37. The fourth-order valence-corrected chi connectivity index (χ4v) is 3.94. The van der Waals surface area contributed by atoms with E-state index < -0.39 is 0 Å². The van der Waals surface area contributed by atoms with Crippen LogP contribution in [0.3, 0.4) is 0 Å². The molecule has 0 heterocycles. The van der Waals surface area contributed by atoms with E-state index in [9.17, 15) is 4.79 Å². The molecule has 0 aliphatic heterocycles. The molecule has 4 atom stereocenters. The van der Waals surface area contributed by atoms with E-state index in [-0.39, 0.29) is 23.5 Å². The van der Waals surface area contributed by atoms with Crippen LogP contribution in [-0.2, 0) is 24.5 Å². The Bertz CT molecular complexity index is 590. The zero-order valence-electron chi connectivity index (χ0n) is 13.0. The van der Waals surface area contributed by atoms with Gasteiger partial charge in [0.15, 0.2) is 0 Å². The second-order valence-corrected chi connectivity index (χ2v) is 5.52. The zero-order valence-corrected chi connectivity index (χ0v) is 13.0. The van der Waals surface area contributed by atoms with Crippen LogP contribution in [0.4, 0.5) is 0 Å². The van der Waals surface area contributed by atoms with E-state index in [1.54, 1.807) is 7.11 Å². The molecule has 118 valence electrons. The van der Waals surface area contributed by atoms with Crippen molar-refractivity contribution in [1.29, 1.82) is 0 Å². The van der Waals surface area contributed by atoms with Crippen LogP contribution in [0, 0.1) is 17.8 Å². The predicted octanol–water partition coefficient (Wildman–Crippen LogP) is 2.20. The molecule has 1 aromatic rings. The van der Waals surface area contributed by atoms with E-state index in [2.05, 4.69) is 19.1 Å². The second-order valence-electron chi connectivity index (χ2n) is 5.52. The van der Waals surface area contributed by atoms with Crippen molar-refractivity contribution < 1.29 is 23.9 Å². The lowest BCUT2D eigenvalue weighted by molar-refractivity contribution is -0.191. The molecule has 0 N–H and O–H groups in total. The second kappa shape index (κ2) is 6.32. The van der Waals surface area contributed by atoms with E-state index in [1.165, 1.54) is 5.56 Å². The summed E-state index contributed by atoms with van der Waals surface area (Å²) in [6.45, 7) is 4.52. The minimum absolute atomic E-state index is 0.0278. The molecule has 5 heteroatoms. The summed E-state index contributed by atoms with van der Waals surface area (Å²) in [5.41, 5.74) is 1.29. The lowest BCUT2D eigenvalue weighted by atomic mass is 9.88. The maximum absolute atomic E-state index is 12.0. The topological polar surface area (TPSA) is 69.7 Å². The minimum atomic E-state index is -0.0278. The fourth-order valence-electron chi connectivity index (χ4n) is 3.94. The third-order valence-electron chi connectivity index (χ3n) is 4.80. The third kappa shape index (κ3) is 2.32. The first-order valence-corrected chi connectivity index (χ1v) is 7.43. The van der Waals surface area contributed by atoms with Crippen LogP contribution in [0.15, 0.2) is 24.3 Å². The smallest absolute Gasteiger partial charge is 0.373 e. The monoisotopic (exact) mass is 304 g/mol. The summed E-state index contributed by atoms with van der Waals surface area (Å²) in [6, 6.07) is 8.14. The van der Waals surface area contributed by atoms with Crippen molar-refractivity contribution in [2.75, 3.05) is 13.7 Å². The van der Waals surface area contributed by atoms with Crippen LogP contribution in [0.2, 0.25) is 0 Å². The highest BCUT2D eigenvalue weighted by molar-refractivity contribution is 5.84. The van der Waals surface area contributed by atoms with Crippen molar-refractivity contribution >= 4 is 12.1 Å². The Balaban J connectivity index is 0.000000545. The maximum Gasteiger partial charge on any atom is 0.373 e. The number of hydrogen-bond acceptors (Lipinski definition) is 5. The van der Waals surface area contributed by atoms with Crippen molar-refractivity contribution in [3.05, 3.63) is 29.8 Å². The maximum atomic E-state index is 12.0. The number of esters is 1. The molecule has 22 heavy (non-hydrogen) atoms. The number of hydrogen-bond donors (Lipinski definition) is 0. The molecule has 0 aromatic heterocycles. The minimum Gasteiger partial charge on any atom is -0.497 e. The Hall–Kier alpha value is -2.13. The van der Waals surface area contributed by atoms with Gasteiger partial charge in [0.05, 0.1) is 19.6 Å². The highest BCUT2D eigenvalue weighted by atomic mass is 16.5. The van der Waals surface area contributed by atoms with Crippen molar-refractivity contribution in [2.45, 2.75) is 25.7 Å². The molecule has 3 rings (SSSR count). The molecule has 0 bridgehead atoms. The number of rotatable bonds is 5. The number of carbonyl (C=O) groups is 1. The van der Waals surface area contributed by atoms with Crippen LogP contribution < -0.4 is 4.74 Å². The van der Waals surface area contributed by atoms with E-state index in [0.717, 1.165) is 12.2 Å². The average Bonchev–Trinajstić information content (AvgIpc) is 3.37. The predicted molar refractivity (Wildman–Crippen MR) is 77.1 cm³/mol. The summed E-state index contributed by atoms with van der Waals surface area (Å²) in [5.74, 6) is 2.03. The molecule has 0 spiro atoms. The number of methoxy groups -OCH3 is 1. The highest BCUT2D eigenvalue weighted by Gasteiger charge is 2.88. The molecule has 2 aliphatic rings. The Morgan fingerprint density at radius 1 is 1.32 bits per heavy atom. The molecule has 2 aliphatic carbocycles. The van der Waals surface area contributed by atoms with Gasteiger partial charge in [0.1, 0.15) is 5.75 Å². The van der Waals surface area contributed by atoms with Gasteiger partial charge in [-0.25, -0.2) is 0 Å². The zero-order chi connectivity index (χ0) is 16.3. The molecule has 0 saturated heterocycles. The van der Waals surface area contributed by atoms with Crippen molar-refractivity contribution in [1.82, 2.24) is 0 Å². The molecule has 0 amide bonds. The summed E-state index contributed by atoms with van der Waals surface area (Å²) in [7, 11) is 1.67. The van der Waals surface area contributed by atoms with Gasteiger partial charge in [-0.2, -0.15) is 9.59 Å². The number of benzene rings is 1. The van der Waals surface area contributed by atoms with Crippen molar-refractivity contribution in [3.63, 3.8) is 0 Å². The first-order valence-electron chi connectivity index (χ1n) is 7.43. The normalized spacial score (nSPS) is 30.0. The first kappa shape index (κ1) is 16.2. The van der Waals surface area contributed by atoms with Crippen LogP contribution in [-0.4, -0.2) is 25.8 Å². The summed E-state index contributed by atoms with van der Waals surface area (Å²) >= 11 is 0. The van der Waals surface area contributed by atoms with Gasteiger partial charge in [-0.15, -0.1) is 0 Å². The molecule has 2 saturated carbocycles. The van der Waals surface area contributed by atoms with Gasteiger partial charge >= 0.3 is 12.1 Å². The van der Waals surface area contributed by atoms with Gasteiger partial charge in [0.25, 0.3) is 0 Å². The molecular formula is C17H20O5.